The van der Waals surface area contributed by atoms with Gasteiger partial charge in [0.25, 0.3) is 5.91 Å². The second kappa shape index (κ2) is 9.13. The SMILES string of the molecule is C[C@H](CO)N1C[C@H](C)[C@H](CN(C)S(C)(=O)=O)Oc2c(NC(=O)C3CC3)cccc2C1=O. The molecule has 1 saturated carbocycles. The molecule has 0 radical (unpaired) electrons. The van der Waals surface area contributed by atoms with Crippen LogP contribution in [0.2, 0.25) is 0 Å². The van der Waals surface area contributed by atoms with Crippen LogP contribution < -0.4 is 10.1 Å². The zero-order valence-electron chi connectivity index (χ0n) is 18.4. The molecule has 0 saturated heterocycles. The maximum Gasteiger partial charge on any atom is 0.258 e. The molecular weight excluding hydrogens is 422 g/mol. The number of carbonyl (C=O) groups is 2. The van der Waals surface area contributed by atoms with Crippen molar-refractivity contribution in [3.63, 3.8) is 0 Å². The van der Waals surface area contributed by atoms with Gasteiger partial charge in [-0.25, -0.2) is 12.7 Å². The van der Waals surface area contributed by atoms with E-state index < -0.39 is 22.2 Å². The number of nitrogens with one attached hydrogen (secondary N) is 1. The Labute approximate surface area is 183 Å². The highest BCUT2D eigenvalue weighted by molar-refractivity contribution is 7.88. The summed E-state index contributed by atoms with van der Waals surface area (Å²) >= 11 is 0. The molecule has 2 amide bonds. The van der Waals surface area contributed by atoms with Crippen molar-refractivity contribution in [3.8, 4) is 5.75 Å². The second-order valence-electron chi connectivity index (χ2n) is 8.61. The molecule has 0 aromatic heterocycles. The zero-order valence-corrected chi connectivity index (χ0v) is 19.2. The number of amides is 2. The third-order valence-electron chi connectivity index (χ3n) is 5.90. The van der Waals surface area contributed by atoms with Crippen LogP contribution in [0.5, 0.6) is 5.75 Å². The maximum absolute atomic E-state index is 13.3. The maximum atomic E-state index is 13.3. The number of benzene rings is 1. The summed E-state index contributed by atoms with van der Waals surface area (Å²) in [5, 5.41) is 12.6. The number of sulfonamides is 1. The molecule has 3 rings (SSSR count). The van der Waals surface area contributed by atoms with Gasteiger partial charge >= 0.3 is 0 Å². The quantitative estimate of drug-likeness (QED) is 0.640. The number of carbonyl (C=O) groups excluding carboxylic acids is 2. The molecule has 10 heteroatoms. The van der Waals surface area contributed by atoms with Crippen molar-refractivity contribution in [2.24, 2.45) is 11.8 Å². The van der Waals surface area contributed by atoms with Gasteiger partial charge in [0.1, 0.15) is 6.10 Å². The van der Waals surface area contributed by atoms with E-state index in [-0.39, 0.29) is 48.1 Å². The van der Waals surface area contributed by atoms with Gasteiger partial charge in [-0.15, -0.1) is 0 Å². The number of anilines is 1. The first-order valence-corrected chi connectivity index (χ1v) is 12.3. The van der Waals surface area contributed by atoms with Gasteiger partial charge in [-0.1, -0.05) is 13.0 Å². The highest BCUT2D eigenvalue weighted by atomic mass is 32.2. The molecule has 1 aliphatic heterocycles. The summed E-state index contributed by atoms with van der Waals surface area (Å²) in [6, 6.07) is 4.54. The van der Waals surface area contributed by atoms with E-state index in [1.54, 1.807) is 30.0 Å². The third kappa shape index (κ3) is 5.36. The lowest BCUT2D eigenvalue weighted by Crippen LogP contribution is -2.50. The number of fused-ring (bicyclic) bond motifs is 1. The van der Waals surface area contributed by atoms with Gasteiger partial charge in [0, 0.05) is 25.4 Å². The Hall–Kier alpha value is -2.17. The molecule has 1 aromatic carbocycles. The molecule has 2 aliphatic rings. The van der Waals surface area contributed by atoms with E-state index in [2.05, 4.69) is 5.32 Å². The minimum atomic E-state index is -3.44. The van der Waals surface area contributed by atoms with Crippen LogP contribution in [-0.4, -0.2) is 79.7 Å². The summed E-state index contributed by atoms with van der Waals surface area (Å²) in [6.07, 6.45) is 2.22. The lowest BCUT2D eigenvalue weighted by molar-refractivity contribution is -0.117. The van der Waals surface area contributed by atoms with Crippen molar-refractivity contribution in [3.05, 3.63) is 23.8 Å². The van der Waals surface area contributed by atoms with Crippen LogP contribution in [0.15, 0.2) is 18.2 Å². The third-order valence-corrected chi connectivity index (χ3v) is 7.18. The summed E-state index contributed by atoms with van der Waals surface area (Å²) in [5.74, 6) is -0.458. The van der Waals surface area contributed by atoms with Crippen molar-refractivity contribution < 1.29 is 27.9 Å². The van der Waals surface area contributed by atoms with E-state index in [0.717, 1.165) is 19.1 Å². The fourth-order valence-electron chi connectivity index (χ4n) is 3.53. The molecule has 31 heavy (non-hydrogen) atoms. The number of ether oxygens (including phenoxy) is 1. The molecule has 0 bridgehead atoms. The molecule has 2 N–H and O–H groups in total. The molecular formula is C21H31N3O6S. The Morgan fingerprint density at radius 1 is 1.39 bits per heavy atom. The van der Waals surface area contributed by atoms with Crippen molar-refractivity contribution in [1.82, 2.24) is 9.21 Å². The summed E-state index contributed by atoms with van der Waals surface area (Å²) in [6.45, 7) is 3.80. The predicted molar refractivity (Wildman–Crippen MR) is 116 cm³/mol. The molecule has 1 heterocycles. The van der Waals surface area contributed by atoms with Crippen LogP contribution >= 0.6 is 0 Å². The summed E-state index contributed by atoms with van der Waals surface area (Å²) in [4.78, 5) is 27.3. The average Bonchev–Trinajstić information content (AvgIpc) is 3.55. The molecule has 1 aromatic rings. The molecule has 1 fully saturated rings. The smallest absolute Gasteiger partial charge is 0.258 e. The van der Waals surface area contributed by atoms with Crippen molar-refractivity contribution in [2.45, 2.75) is 38.8 Å². The molecule has 172 valence electrons. The first-order chi connectivity index (χ1) is 14.5. The highest BCUT2D eigenvalue weighted by Crippen LogP contribution is 2.37. The number of nitrogens with zero attached hydrogens (tertiary/aromatic N) is 2. The summed E-state index contributed by atoms with van der Waals surface area (Å²) < 4.78 is 31.4. The standard InChI is InChI=1S/C21H31N3O6S/c1-13-10-24(14(2)12-25)21(27)16-6-5-7-17(22-20(26)15-8-9-15)19(16)30-18(13)11-23(3)31(4,28)29/h5-7,13-15,18,25H,8-12H2,1-4H3,(H,22,26)/t13-,14+,18-/m0/s1. The number of rotatable bonds is 7. The molecule has 3 atom stereocenters. The van der Waals surface area contributed by atoms with Crippen molar-refractivity contribution in [2.75, 3.05) is 38.3 Å². The first-order valence-electron chi connectivity index (χ1n) is 10.5. The van der Waals surface area contributed by atoms with Gasteiger partial charge in [0.05, 0.1) is 36.7 Å². The average molecular weight is 454 g/mol. The van der Waals surface area contributed by atoms with E-state index in [1.165, 1.54) is 11.4 Å². The predicted octanol–water partition coefficient (Wildman–Crippen LogP) is 1.15. The van der Waals surface area contributed by atoms with Gasteiger partial charge in [0.2, 0.25) is 15.9 Å². The van der Waals surface area contributed by atoms with Gasteiger partial charge in [-0.2, -0.15) is 0 Å². The number of aliphatic hydroxyl groups excluding tert-OH is 1. The van der Waals surface area contributed by atoms with Gasteiger partial charge in [0.15, 0.2) is 5.75 Å². The number of aliphatic hydroxyl groups is 1. The van der Waals surface area contributed by atoms with Gasteiger partial charge in [-0.3, -0.25) is 9.59 Å². The second-order valence-corrected chi connectivity index (χ2v) is 10.7. The Bertz CT molecular complexity index is 946. The number of hydrogen-bond donors (Lipinski definition) is 2. The lowest BCUT2D eigenvalue weighted by atomic mass is 9.99. The fourth-order valence-corrected chi connectivity index (χ4v) is 3.95. The molecule has 9 nitrogen and oxygen atoms in total. The Kier molecular flexibility index (Phi) is 6.92. The first kappa shape index (κ1) is 23.5. The van der Waals surface area contributed by atoms with Crippen LogP contribution in [0.25, 0.3) is 0 Å². The van der Waals surface area contributed by atoms with Crippen molar-refractivity contribution in [1.29, 1.82) is 0 Å². The van der Waals surface area contributed by atoms with Crippen LogP contribution in [0.4, 0.5) is 5.69 Å². The number of hydrogen-bond acceptors (Lipinski definition) is 6. The minimum Gasteiger partial charge on any atom is -0.486 e. The van der Waals surface area contributed by atoms with Gasteiger partial charge in [-0.05, 0) is 31.9 Å². The normalized spacial score (nSPS) is 22.9. The van der Waals surface area contributed by atoms with E-state index in [0.29, 0.717) is 12.2 Å². The lowest BCUT2D eigenvalue weighted by Gasteiger charge is -2.38. The van der Waals surface area contributed by atoms with Crippen molar-refractivity contribution >= 4 is 27.5 Å². The monoisotopic (exact) mass is 453 g/mol. The van der Waals surface area contributed by atoms with E-state index in [9.17, 15) is 23.1 Å². The summed E-state index contributed by atoms with van der Waals surface area (Å²) in [7, 11) is -1.96. The van der Waals surface area contributed by atoms with E-state index >= 15 is 0 Å². The largest absolute Gasteiger partial charge is 0.486 e. The van der Waals surface area contributed by atoms with Crippen LogP contribution in [0.1, 0.15) is 37.0 Å². The molecule has 0 spiro atoms. The highest BCUT2D eigenvalue weighted by Gasteiger charge is 2.36. The van der Waals surface area contributed by atoms with E-state index in [4.69, 9.17) is 4.74 Å². The van der Waals surface area contributed by atoms with Crippen LogP contribution in [-0.2, 0) is 14.8 Å². The topological polar surface area (TPSA) is 116 Å². The van der Waals surface area contributed by atoms with Crippen LogP contribution in [0, 0.1) is 11.8 Å². The Morgan fingerprint density at radius 2 is 2.06 bits per heavy atom. The van der Waals surface area contributed by atoms with E-state index in [1.807, 2.05) is 6.92 Å². The van der Waals surface area contributed by atoms with Crippen LogP contribution in [0.3, 0.4) is 0 Å². The number of likely N-dealkylation sites (N-methyl/N-ethyl adjacent to an activating group) is 1. The number of para-hydroxylation sites is 1. The van der Waals surface area contributed by atoms with Gasteiger partial charge < -0.3 is 20.1 Å². The minimum absolute atomic E-state index is 0.0305. The Balaban J connectivity index is 2.03. The zero-order chi connectivity index (χ0) is 22.9. The summed E-state index contributed by atoms with van der Waals surface area (Å²) in [5.41, 5.74) is 0.660. The molecule has 1 aliphatic carbocycles. The molecule has 0 unspecified atom stereocenters. The Morgan fingerprint density at radius 3 is 2.65 bits per heavy atom. The fraction of sp³-hybridized carbons (Fsp3) is 0.619.